The highest BCUT2D eigenvalue weighted by molar-refractivity contribution is 6.03. The second-order valence-corrected chi connectivity index (χ2v) is 7.39. The minimum Gasteiger partial charge on any atom is -0.507 e. The Morgan fingerprint density at radius 2 is 1.92 bits per heavy atom. The van der Waals surface area contributed by atoms with E-state index in [0.717, 1.165) is 15.5 Å². The van der Waals surface area contributed by atoms with Crippen molar-refractivity contribution in [1.29, 1.82) is 0 Å². The Hall–Kier alpha value is -5.66. The molecular formula is C22H15N9O5. The molecule has 0 spiro atoms. The number of benzene rings is 3. The Kier molecular flexibility index (Phi) is 5.50. The number of nitrogens with one attached hydrogen (secondary N) is 1. The van der Waals surface area contributed by atoms with Crippen molar-refractivity contribution in [2.24, 2.45) is 5.10 Å². The van der Waals surface area contributed by atoms with E-state index in [0.29, 0.717) is 11.1 Å². The number of aromatic nitrogens is 5. The highest BCUT2D eigenvalue weighted by Crippen LogP contribution is 2.28. The number of phenols is 1. The predicted molar refractivity (Wildman–Crippen MR) is 126 cm³/mol. The molecule has 0 aliphatic heterocycles. The molecule has 1 amide bonds. The first-order valence-electron chi connectivity index (χ1n) is 10.3. The zero-order valence-electron chi connectivity index (χ0n) is 18.1. The van der Waals surface area contributed by atoms with Crippen LogP contribution in [0.4, 0.5) is 11.5 Å². The van der Waals surface area contributed by atoms with Crippen LogP contribution in [0.1, 0.15) is 16.1 Å². The lowest BCUT2D eigenvalue weighted by Crippen LogP contribution is -2.19. The van der Waals surface area contributed by atoms with Gasteiger partial charge < -0.3 is 10.8 Å². The van der Waals surface area contributed by atoms with E-state index in [4.69, 9.17) is 5.73 Å². The van der Waals surface area contributed by atoms with Gasteiger partial charge in [-0.2, -0.15) is 9.78 Å². The number of amides is 1. The Morgan fingerprint density at radius 3 is 2.64 bits per heavy atom. The van der Waals surface area contributed by atoms with Crippen molar-refractivity contribution in [1.82, 2.24) is 30.7 Å². The summed E-state index contributed by atoms with van der Waals surface area (Å²) in [5, 5.41) is 41.9. The molecule has 0 saturated carbocycles. The van der Waals surface area contributed by atoms with Crippen LogP contribution in [-0.2, 0) is 0 Å². The van der Waals surface area contributed by atoms with Crippen LogP contribution in [0, 0.1) is 10.1 Å². The molecule has 5 aromatic rings. The Morgan fingerprint density at radius 1 is 1.14 bits per heavy atom. The van der Waals surface area contributed by atoms with Crippen LogP contribution < -0.4 is 11.2 Å². The average molecular weight is 485 g/mol. The molecule has 0 radical (unpaired) electrons. The maximum Gasteiger partial charge on any atom is 0.294 e. The van der Waals surface area contributed by atoms with Gasteiger partial charge in [0.05, 0.1) is 11.1 Å². The van der Waals surface area contributed by atoms with Crippen LogP contribution in [0.15, 0.2) is 70.4 Å². The quantitative estimate of drug-likeness (QED) is 0.182. The monoisotopic (exact) mass is 485 g/mol. The van der Waals surface area contributed by atoms with Crippen molar-refractivity contribution >= 4 is 34.4 Å². The zero-order valence-corrected chi connectivity index (χ0v) is 18.1. The summed E-state index contributed by atoms with van der Waals surface area (Å²) in [5.74, 6) is -0.905. The van der Waals surface area contributed by atoms with E-state index in [-0.39, 0.29) is 34.5 Å². The van der Waals surface area contributed by atoms with Gasteiger partial charge in [-0.1, -0.05) is 35.5 Å². The first-order chi connectivity index (χ1) is 17.4. The van der Waals surface area contributed by atoms with Gasteiger partial charge >= 0.3 is 0 Å². The number of anilines is 1. The molecule has 3 aromatic carbocycles. The molecule has 2 heterocycles. The van der Waals surface area contributed by atoms with Gasteiger partial charge in [-0.25, -0.2) is 10.1 Å². The van der Waals surface area contributed by atoms with Gasteiger partial charge in [-0.3, -0.25) is 14.9 Å². The first-order valence-corrected chi connectivity index (χ1v) is 10.3. The number of nitrogens with two attached hydrogens (primary N) is 1. The fraction of sp³-hybridized carbons (Fsp3) is 0. The lowest BCUT2D eigenvalue weighted by Gasteiger charge is -2.06. The van der Waals surface area contributed by atoms with Crippen LogP contribution in [0.3, 0.4) is 0 Å². The minimum absolute atomic E-state index is 0.0155. The smallest absolute Gasteiger partial charge is 0.294 e. The van der Waals surface area contributed by atoms with Gasteiger partial charge in [0.25, 0.3) is 11.6 Å². The summed E-state index contributed by atoms with van der Waals surface area (Å²) < 4.78 is 5.75. The Balaban J connectivity index is 1.51. The van der Waals surface area contributed by atoms with Gasteiger partial charge in [-0.15, -0.1) is 5.10 Å². The van der Waals surface area contributed by atoms with E-state index < -0.39 is 10.8 Å². The van der Waals surface area contributed by atoms with E-state index in [2.05, 4.69) is 35.8 Å². The number of non-ortho nitro benzene ring substituents is 1. The normalized spacial score (nSPS) is 11.2. The zero-order chi connectivity index (χ0) is 25.2. The Labute approximate surface area is 200 Å². The van der Waals surface area contributed by atoms with Crippen molar-refractivity contribution in [3.63, 3.8) is 0 Å². The molecule has 0 aliphatic rings. The van der Waals surface area contributed by atoms with Gasteiger partial charge in [0.2, 0.25) is 11.6 Å². The van der Waals surface area contributed by atoms with Crippen LogP contribution in [0.2, 0.25) is 0 Å². The van der Waals surface area contributed by atoms with E-state index in [1.165, 1.54) is 36.5 Å². The fourth-order valence-electron chi connectivity index (χ4n) is 3.55. The fourth-order valence-corrected chi connectivity index (χ4v) is 3.55. The summed E-state index contributed by atoms with van der Waals surface area (Å²) in [7, 11) is 0. The number of nitro benzene ring substituents is 1. The molecule has 4 N–H and O–H groups in total. The molecule has 0 aliphatic carbocycles. The number of nitrogen functional groups attached to an aromatic ring is 1. The van der Waals surface area contributed by atoms with Gasteiger partial charge in [0.1, 0.15) is 11.4 Å². The van der Waals surface area contributed by atoms with E-state index >= 15 is 0 Å². The molecule has 0 fully saturated rings. The SMILES string of the molecule is Nc1nonc1-n1nnc(C(=O)NN=Cc2c(O)ccc3ccccc23)c1-c1ccc([N+](=O)[O-])cc1. The topological polar surface area (TPSA) is 200 Å². The van der Waals surface area contributed by atoms with Crippen LogP contribution in [-0.4, -0.2) is 47.5 Å². The maximum absolute atomic E-state index is 13.0. The second kappa shape index (κ2) is 8.94. The molecule has 5 rings (SSSR count). The van der Waals surface area contributed by atoms with Gasteiger partial charge in [0.15, 0.2) is 5.69 Å². The summed E-state index contributed by atoms with van der Waals surface area (Å²) in [6.45, 7) is 0. The predicted octanol–water partition coefficient (Wildman–Crippen LogP) is 2.43. The Bertz CT molecular complexity index is 1640. The standard InChI is InChI=1S/C22H15N9O5/c23-20-21(28-36-27-20)30-19(13-5-8-14(9-6-13)31(34)35)18(25-29-30)22(33)26-24-11-16-15-4-2-1-3-12(15)7-10-17(16)32/h1-11,32H,(H2,23,27)(H,26,33). The molecule has 14 nitrogen and oxygen atoms in total. The average Bonchev–Trinajstić information content (AvgIpc) is 3.51. The number of nitro groups is 1. The lowest BCUT2D eigenvalue weighted by atomic mass is 10.0. The van der Waals surface area contributed by atoms with Crippen LogP contribution >= 0.6 is 0 Å². The molecule has 0 unspecified atom stereocenters. The molecule has 178 valence electrons. The van der Waals surface area contributed by atoms with Crippen molar-refractivity contribution in [2.75, 3.05) is 5.73 Å². The van der Waals surface area contributed by atoms with E-state index in [9.17, 15) is 20.0 Å². The van der Waals surface area contributed by atoms with Gasteiger partial charge in [0, 0.05) is 23.3 Å². The van der Waals surface area contributed by atoms with Crippen molar-refractivity contribution < 1.29 is 19.5 Å². The molecule has 14 heteroatoms. The number of nitrogens with zero attached hydrogens (tertiary/aromatic N) is 7. The maximum atomic E-state index is 13.0. The molecule has 2 aromatic heterocycles. The number of hydrazone groups is 1. The van der Waals surface area contributed by atoms with Crippen LogP contribution in [0.25, 0.3) is 27.8 Å². The molecule has 0 atom stereocenters. The van der Waals surface area contributed by atoms with Crippen LogP contribution in [0.5, 0.6) is 5.75 Å². The van der Waals surface area contributed by atoms with Crippen molar-refractivity contribution in [2.45, 2.75) is 0 Å². The summed E-state index contributed by atoms with van der Waals surface area (Å²) in [4.78, 5) is 23.5. The summed E-state index contributed by atoms with van der Waals surface area (Å²) >= 11 is 0. The van der Waals surface area contributed by atoms with E-state index in [1.54, 1.807) is 6.07 Å². The summed E-state index contributed by atoms with van der Waals surface area (Å²) in [6, 6.07) is 16.0. The highest BCUT2D eigenvalue weighted by Gasteiger charge is 2.25. The first kappa shape index (κ1) is 22.1. The van der Waals surface area contributed by atoms with E-state index in [1.807, 2.05) is 24.3 Å². The minimum atomic E-state index is -0.749. The second-order valence-electron chi connectivity index (χ2n) is 7.39. The number of hydrogen-bond acceptors (Lipinski definition) is 11. The third kappa shape index (κ3) is 3.94. The third-order valence-electron chi connectivity index (χ3n) is 5.24. The van der Waals surface area contributed by atoms with Gasteiger partial charge in [-0.05, 0) is 39.3 Å². The summed E-state index contributed by atoms with van der Waals surface area (Å²) in [5.41, 5.74) is 8.70. The third-order valence-corrected chi connectivity index (χ3v) is 5.24. The number of hydrogen-bond donors (Lipinski definition) is 3. The number of carbonyl (C=O) groups is 1. The summed E-state index contributed by atoms with van der Waals surface area (Å²) in [6.07, 6.45) is 1.31. The largest absolute Gasteiger partial charge is 0.507 e. The van der Waals surface area contributed by atoms with Crippen molar-refractivity contribution in [3.8, 4) is 22.8 Å². The number of fused-ring (bicyclic) bond motifs is 1. The number of carbonyl (C=O) groups excluding carboxylic acids is 1. The number of phenolic OH excluding ortho intramolecular Hbond substituents is 1. The number of aromatic hydroxyl groups is 1. The number of rotatable bonds is 6. The highest BCUT2D eigenvalue weighted by atomic mass is 16.6. The molecule has 0 bridgehead atoms. The van der Waals surface area contributed by atoms with Crippen molar-refractivity contribution in [3.05, 3.63) is 82.0 Å². The molecule has 0 saturated heterocycles. The lowest BCUT2D eigenvalue weighted by molar-refractivity contribution is -0.384. The molecule has 36 heavy (non-hydrogen) atoms. The molecular weight excluding hydrogens is 470 g/mol.